The third-order valence-corrected chi connectivity index (χ3v) is 3.46. The van der Waals surface area contributed by atoms with E-state index in [4.69, 9.17) is 4.74 Å². The van der Waals surface area contributed by atoms with Gasteiger partial charge in [-0.15, -0.1) is 5.10 Å². The highest BCUT2D eigenvalue weighted by Gasteiger charge is 2.31. The maximum Gasteiger partial charge on any atom is 0.416 e. The standard InChI is InChI=1S/C18H14F3N3O/c1-25-16-10-14(9-15(11-16)18(19,20)21)17-22-12-24(23-17)8-7-13-5-3-2-4-6-13/h2-12H,1H3. The molecule has 0 radical (unpaired) electrons. The second-order valence-corrected chi connectivity index (χ2v) is 5.22. The number of methoxy groups -OCH3 is 1. The van der Waals surface area contributed by atoms with Gasteiger partial charge >= 0.3 is 6.18 Å². The molecule has 1 heterocycles. The molecule has 0 atom stereocenters. The Morgan fingerprint density at radius 3 is 2.52 bits per heavy atom. The summed E-state index contributed by atoms with van der Waals surface area (Å²) in [5, 5.41) is 4.19. The first-order valence-electron chi connectivity index (χ1n) is 7.37. The SMILES string of the molecule is COc1cc(-c2ncn(C=Cc3ccccc3)n2)cc(C(F)(F)F)c1. The highest BCUT2D eigenvalue weighted by atomic mass is 19.4. The quantitative estimate of drug-likeness (QED) is 0.694. The smallest absolute Gasteiger partial charge is 0.416 e. The zero-order chi connectivity index (χ0) is 17.9. The normalized spacial score (nSPS) is 11.8. The fourth-order valence-electron chi connectivity index (χ4n) is 2.22. The van der Waals surface area contributed by atoms with E-state index in [1.54, 1.807) is 6.20 Å². The molecule has 3 aromatic rings. The third-order valence-electron chi connectivity index (χ3n) is 3.46. The lowest BCUT2D eigenvalue weighted by Crippen LogP contribution is -2.05. The van der Waals surface area contributed by atoms with Crippen LogP contribution in [0, 0.1) is 0 Å². The van der Waals surface area contributed by atoms with Crippen LogP contribution < -0.4 is 4.74 Å². The average molecular weight is 345 g/mol. The van der Waals surface area contributed by atoms with E-state index < -0.39 is 11.7 Å². The lowest BCUT2D eigenvalue weighted by Gasteiger charge is -2.10. The first kappa shape index (κ1) is 16.8. The molecule has 4 nitrogen and oxygen atoms in total. The van der Waals surface area contributed by atoms with Crippen LogP contribution >= 0.6 is 0 Å². The number of rotatable bonds is 4. The summed E-state index contributed by atoms with van der Waals surface area (Å²) in [6.45, 7) is 0. The monoisotopic (exact) mass is 345 g/mol. The molecule has 1 aromatic heterocycles. The minimum absolute atomic E-state index is 0.0982. The zero-order valence-electron chi connectivity index (χ0n) is 13.2. The molecular formula is C18H14F3N3O. The van der Waals surface area contributed by atoms with Gasteiger partial charge in [-0.1, -0.05) is 30.3 Å². The van der Waals surface area contributed by atoms with Crippen molar-refractivity contribution in [1.82, 2.24) is 14.8 Å². The maximum atomic E-state index is 13.0. The minimum atomic E-state index is -4.47. The molecule has 0 aliphatic carbocycles. The fourth-order valence-corrected chi connectivity index (χ4v) is 2.22. The van der Waals surface area contributed by atoms with Gasteiger partial charge in [-0.3, -0.25) is 0 Å². The van der Waals surface area contributed by atoms with E-state index in [-0.39, 0.29) is 17.1 Å². The maximum absolute atomic E-state index is 13.0. The van der Waals surface area contributed by atoms with Gasteiger partial charge in [-0.25, -0.2) is 9.67 Å². The van der Waals surface area contributed by atoms with Crippen molar-refractivity contribution in [3.63, 3.8) is 0 Å². The number of hydrogen-bond acceptors (Lipinski definition) is 3. The van der Waals surface area contributed by atoms with Gasteiger partial charge in [-0.05, 0) is 29.8 Å². The molecule has 0 aliphatic rings. The summed E-state index contributed by atoms with van der Waals surface area (Å²) in [6.07, 6.45) is 0.461. The molecule has 2 aromatic carbocycles. The number of ether oxygens (including phenoxy) is 1. The Labute approximate surface area is 142 Å². The lowest BCUT2D eigenvalue weighted by molar-refractivity contribution is -0.137. The van der Waals surface area contributed by atoms with E-state index in [1.165, 1.54) is 24.2 Å². The van der Waals surface area contributed by atoms with Gasteiger partial charge in [0.05, 0.1) is 12.7 Å². The topological polar surface area (TPSA) is 39.9 Å². The summed E-state index contributed by atoms with van der Waals surface area (Å²) in [7, 11) is 1.31. The van der Waals surface area contributed by atoms with Crippen LogP contribution in [0.4, 0.5) is 13.2 Å². The Kier molecular flexibility index (Phi) is 4.56. The van der Waals surface area contributed by atoms with Gasteiger partial charge in [0.15, 0.2) is 5.82 Å². The molecule has 0 amide bonds. The fraction of sp³-hybridized carbons (Fsp3) is 0.111. The average Bonchev–Trinajstić information content (AvgIpc) is 3.09. The van der Waals surface area contributed by atoms with Gasteiger partial charge in [-0.2, -0.15) is 13.2 Å². The molecule has 0 bridgehead atoms. The lowest BCUT2D eigenvalue weighted by atomic mass is 10.1. The molecule has 0 aliphatic heterocycles. The van der Waals surface area contributed by atoms with Crippen LogP contribution in [0.5, 0.6) is 5.75 Å². The van der Waals surface area contributed by atoms with Crippen molar-refractivity contribution >= 4 is 12.3 Å². The number of hydrogen-bond donors (Lipinski definition) is 0. The van der Waals surface area contributed by atoms with Crippen LogP contribution in [-0.4, -0.2) is 21.9 Å². The van der Waals surface area contributed by atoms with Crippen LogP contribution in [-0.2, 0) is 6.18 Å². The predicted molar refractivity (Wildman–Crippen MR) is 88.7 cm³/mol. The molecule has 0 spiro atoms. The summed E-state index contributed by atoms with van der Waals surface area (Å²) in [4.78, 5) is 4.07. The van der Waals surface area contributed by atoms with Crippen LogP contribution in [0.25, 0.3) is 23.7 Å². The van der Waals surface area contributed by atoms with Crippen molar-refractivity contribution < 1.29 is 17.9 Å². The Bertz CT molecular complexity index is 886. The number of benzene rings is 2. The molecule has 128 valence electrons. The molecule has 25 heavy (non-hydrogen) atoms. The minimum Gasteiger partial charge on any atom is -0.497 e. The largest absolute Gasteiger partial charge is 0.497 e. The second kappa shape index (κ2) is 6.80. The van der Waals surface area contributed by atoms with Crippen LogP contribution in [0.15, 0.2) is 54.9 Å². The van der Waals surface area contributed by atoms with Gasteiger partial charge in [0.25, 0.3) is 0 Å². The molecule has 0 unspecified atom stereocenters. The molecule has 3 rings (SSSR count). The van der Waals surface area contributed by atoms with Gasteiger partial charge in [0, 0.05) is 11.8 Å². The van der Waals surface area contributed by atoms with Crippen molar-refractivity contribution in [3.05, 3.63) is 66.0 Å². The highest BCUT2D eigenvalue weighted by Crippen LogP contribution is 2.34. The number of nitrogens with zero attached hydrogens (tertiary/aromatic N) is 3. The van der Waals surface area contributed by atoms with Crippen molar-refractivity contribution in [2.45, 2.75) is 6.18 Å². The highest BCUT2D eigenvalue weighted by molar-refractivity contribution is 5.62. The first-order valence-corrected chi connectivity index (χ1v) is 7.37. The van der Waals surface area contributed by atoms with Gasteiger partial charge in [0.1, 0.15) is 12.1 Å². The molecular weight excluding hydrogens is 331 g/mol. The van der Waals surface area contributed by atoms with Crippen molar-refractivity contribution in [2.24, 2.45) is 0 Å². The Hall–Kier alpha value is -3.09. The summed E-state index contributed by atoms with van der Waals surface area (Å²) >= 11 is 0. The van der Waals surface area contributed by atoms with Crippen molar-refractivity contribution in [1.29, 1.82) is 0 Å². The summed E-state index contributed by atoms with van der Waals surface area (Å²) in [6, 6.07) is 13.0. The first-order chi connectivity index (χ1) is 12.0. The molecule has 0 saturated carbocycles. The van der Waals surface area contributed by atoms with Crippen LogP contribution in [0.3, 0.4) is 0 Å². The second-order valence-electron chi connectivity index (χ2n) is 5.22. The van der Waals surface area contributed by atoms with E-state index in [0.717, 1.165) is 17.7 Å². The molecule has 0 saturated heterocycles. The van der Waals surface area contributed by atoms with Gasteiger partial charge < -0.3 is 4.74 Å². The Morgan fingerprint density at radius 2 is 1.84 bits per heavy atom. The molecule has 0 fully saturated rings. The van der Waals surface area contributed by atoms with Crippen LogP contribution in [0.2, 0.25) is 0 Å². The molecule has 0 N–H and O–H groups in total. The summed E-state index contributed by atoms with van der Waals surface area (Å²) in [5.74, 6) is 0.281. The van der Waals surface area contributed by atoms with E-state index in [9.17, 15) is 13.2 Å². The molecule has 7 heteroatoms. The van der Waals surface area contributed by atoms with E-state index in [1.807, 2.05) is 36.4 Å². The van der Waals surface area contributed by atoms with E-state index in [0.29, 0.717) is 0 Å². The van der Waals surface area contributed by atoms with Crippen molar-refractivity contribution in [3.8, 4) is 17.1 Å². The zero-order valence-corrected chi connectivity index (χ0v) is 13.2. The number of aromatic nitrogens is 3. The predicted octanol–water partition coefficient (Wildman–Crippen LogP) is 4.60. The summed E-state index contributed by atoms with van der Waals surface area (Å²) < 4.78 is 45.4. The Balaban J connectivity index is 1.90. The van der Waals surface area contributed by atoms with Crippen molar-refractivity contribution in [2.75, 3.05) is 7.11 Å². The van der Waals surface area contributed by atoms with Gasteiger partial charge in [0.2, 0.25) is 0 Å². The van der Waals surface area contributed by atoms with Crippen LogP contribution in [0.1, 0.15) is 11.1 Å². The number of alkyl halides is 3. The third kappa shape index (κ3) is 4.06. The number of halogens is 3. The summed E-state index contributed by atoms with van der Waals surface area (Å²) in [5.41, 5.74) is 0.400. The van der Waals surface area contributed by atoms with E-state index in [2.05, 4.69) is 10.1 Å². The Morgan fingerprint density at radius 1 is 1.08 bits per heavy atom. The van der Waals surface area contributed by atoms with E-state index >= 15 is 0 Å².